The van der Waals surface area contributed by atoms with E-state index in [0.717, 1.165) is 21.3 Å². The van der Waals surface area contributed by atoms with E-state index in [4.69, 9.17) is 0 Å². The lowest BCUT2D eigenvalue weighted by molar-refractivity contribution is 0.472. The summed E-state index contributed by atoms with van der Waals surface area (Å²) in [7, 11) is 0. The minimum absolute atomic E-state index is 0.00714. The molecule has 0 spiro atoms. The third-order valence-corrected chi connectivity index (χ3v) is 4.47. The predicted molar refractivity (Wildman–Crippen MR) is 91.2 cm³/mol. The van der Waals surface area contributed by atoms with E-state index in [9.17, 15) is 5.11 Å². The van der Waals surface area contributed by atoms with E-state index in [2.05, 4.69) is 43.1 Å². The second kappa shape index (κ2) is 5.62. The number of hydrogen-bond donors (Lipinski definition) is 1. The molecular weight excluding hydrogens is 356 g/mol. The van der Waals surface area contributed by atoms with Gasteiger partial charge in [0.25, 0.3) is 0 Å². The summed E-state index contributed by atoms with van der Waals surface area (Å²) in [6.07, 6.45) is 2.16. The maximum Gasteiger partial charge on any atom is 0.248 e. The summed E-state index contributed by atoms with van der Waals surface area (Å²) < 4.78 is 2.86. The molecule has 3 aromatic rings. The average Bonchev–Trinajstić information content (AvgIpc) is 3.04. The van der Waals surface area contributed by atoms with Gasteiger partial charge in [-0.3, -0.25) is 0 Å². The van der Waals surface area contributed by atoms with Crippen LogP contribution in [0.5, 0.6) is 5.75 Å². The molecule has 2 heterocycles. The highest BCUT2D eigenvalue weighted by Crippen LogP contribution is 2.34. The first-order valence-electron chi connectivity index (χ1n) is 7.23. The maximum atomic E-state index is 10.1. The number of nitrogens with zero attached hydrogens (tertiary/aromatic N) is 4. The zero-order chi connectivity index (χ0) is 15.8. The SMILES string of the molecule is Oc1ccccc1C1=Nc2ncnn2C(c2ccc(Br)cc2)C1. The van der Waals surface area contributed by atoms with Gasteiger partial charge < -0.3 is 5.11 Å². The normalized spacial score (nSPS) is 16.7. The highest BCUT2D eigenvalue weighted by atomic mass is 79.9. The van der Waals surface area contributed by atoms with Gasteiger partial charge in [-0.1, -0.05) is 40.2 Å². The number of aliphatic imine (C=N–C) groups is 1. The molecule has 0 bridgehead atoms. The summed E-state index contributed by atoms with van der Waals surface area (Å²) in [4.78, 5) is 8.80. The zero-order valence-corrected chi connectivity index (χ0v) is 13.7. The van der Waals surface area contributed by atoms with Crippen LogP contribution in [0.1, 0.15) is 23.6 Å². The van der Waals surface area contributed by atoms with E-state index in [0.29, 0.717) is 12.4 Å². The van der Waals surface area contributed by atoms with E-state index in [1.165, 1.54) is 6.33 Å². The summed E-state index contributed by atoms with van der Waals surface area (Å²) in [5.74, 6) is 0.788. The van der Waals surface area contributed by atoms with Crippen LogP contribution in [0.15, 0.2) is 64.3 Å². The number of para-hydroxylation sites is 1. The third kappa shape index (κ3) is 2.55. The first kappa shape index (κ1) is 14.1. The fourth-order valence-electron chi connectivity index (χ4n) is 2.81. The van der Waals surface area contributed by atoms with Crippen molar-refractivity contribution in [2.75, 3.05) is 0 Å². The first-order valence-corrected chi connectivity index (χ1v) is 8.02. The van der Waals surface area contributed by atoms with Gasteiger partial charge in [0.15, 0.2) is 0 Å². The van der Waals surface area contributed by atoms with Gasteiger partial charge in [0, 0.05) is 16.5 Å². The molecule has 0 saturated carbocycles. The Labute approximate surface area is 141 Å². The van der Waals surface area contributed by atoms with Crippen LogP contribution in [-0.2, 0) is 0 Å². The van der Waals surface area contributed by atoms with Crippen molar-refractivity contribution in [2.24, 2.45) is 4.99 Å². The lowest BCUT2D eigenvalue weighted by atomic mass is 9.96. The Hall–Kier alpha value is -2.47. The average molecular weight is 369 g/mol. The van der Waals surface area contributed by atoms with Gasteiger partial charge in [-0.25, -0.2) is 9.67 Å². The molecule has 6 heteroatoms. The Morgan fingerprint density at radius 3 is 2.65 bits per heavy atom. The molecular formula is C17H13BrN4O. The highest BCUT2D eigenvalue weighted by molar-refractivity contribution is 9.10. The molecule has 0 radical (unpaired) electrons. The highest BCUT2D eigenvalue weighted by Gasteiger charge is 2.27. The van der Waals surface area contributed by atoms with Gasteiger partial charge in [-0.15, -0.1) is 0 Å². The molecule has 0 amide bonds. The number of hydrogen-bond acceptors (Lipinski definition) is 4. The summed E-state index contributed by atoms with van der Waals surface area (Å²) in [5.41, 5.74) is 2.68. The minimum Gasteiger partial charge on any atom is -0.507 e. The van der Waals surface area contributed by atoms with E-state index < -0.39 is 0 Å². The number of aromatic nitrogens is 3. The smallest absolute Gasteiger partial charge is 0.248 e. The summed E-state index contributed by atoms with van der Waals surface area (Å²) in [6.45, 7) is 0. The van der Waals surface area contributed by atoms with Crippen molar-refractivity contribution in [1.29, 1.82) is 0 Å². The number of fused-ring (bicyclic) bond motifs is 1. The fourth-order valence-corrected chi connectivity index (χ4v) is 3.08. The Bertz CT molecular complexity index is 886. The van der Waals surface area contributed by atoms with Crippen LogP contribution in [0, 0.1) is 0 Å². The van der Waals surface area contributed by atoms with Crippen LogP contribution in [0.2, 0.25) is 0 Å². The molecule has 23 heavy (non-hydrogen) atoms. The van der Waals surface area contributed by atoms with E-state index >= 15 is 0 Å². The Morgan fingerprint density at radius 1 is 1.09 bits per heavy atom. The number of phenols is 1. The van der Waals surface area contributed by atoms with Gasteiger partial charge in [0.1, 0.15) is 12.1 Å². The van der Waals surface area contributed by atoms with Gasteiger partial charge in [0.05, 0.1) is 11.8 Å². The zero-order valence-electron chi connectivity index (χ0n) is 12.1. The van der Waals surface area contributed by atoms with Crippen LogP contribution in [0.25, 0.3) is 0 Å². The second-order valence-electron chi connectivity index (χ2n) is 5.35. The third-order valence-electron chi connectivity index (χ3n) is 3.94. The molecule has 0 saturated heterocycles. The predicted octanol–water partition coefficient (Wildman–Crippen LogP) is 3.86. The fraction of sp³-hybridized carbons (Fsp3) is 0.118. The summed E-state index contributed by atoms with van der Waals surface area (Å²) >= 11 is 3.46. The Morgan fingerprint density at radius 2 is 1.87 bits per heavy atom. The maximum absolute atomic E-state index is 10.1. The molecule has 0 aliphatic carbocycles. The van der Waals surface area contributed by atoms with Gasteiger partial charge in [-0.05, 0) is 29.8 Å². The number of benzene rings is 2. The lowest BCUT2D eigenvalue weighted by Gasteiger charge is -2.24. The van der Waals surface area contributed by atoms with Crippen molar-refractivity contribution in [3.05, 3.63) is 70.5 Å². The van der Waals surface area contributed by atoms with Crippen LogP contribution in [-0.4, -0.2) is 25.6 Å². The number of rotatable bonds is 2. The molecule has 0 fully saturated rings. The van der Waals surface area contributed by atoms with Crippen molar-refractivity contribution in [3.63, 3.8) is 0 Å². The quantitative estimate of drug-likeness (QED) is 0.746. The molecule has 1 aliphatic rings. The van der Waals surface area contributed by atoms with E-state index in [-0.39, 0.29) is 11.8 Å². The van der Waals surface area contributed by atoms with Gasteiger partial charge in [-0.2, -0.15) is 10.1 Å². The molecule has 1 aliphatic heterocycles. The molecule has 1 N–H and O–H groups in total. The monoisotopic (exact) mass is 368 g/mol. The van der Waals surface area contributed by atoms with Crippen molar-refractivity contribution in [1.82, 2.24) is 14.8 Å². The Kier molecular flexibility index (Phi) is 3.46. The molecule has 1 unspecified atom stereocenters. The summed E-state index contributed by atoms with van der Waals surface area (Å²) in [6, 6.07) is 15.4. The van der Waals surface area contributed by atoms with Crippen LogP contribution >= 0.6 is 15.9 Å². The van der Waals surface area contributed by atoms with E-state index in [1.54, 1.807) is 12.1 Å². The minimum atomic E-state index is 0.00714. The molecule has 1 atom stereocenters. The number of phenolic OH excluding ortho intramolecular Hbond substituents is 1. The van der Waals surface area contributed by atoms with Gasteiger partial charge >= 0.3 is 0 Å². The van der Waals surface area contributed by atoms with Gasteiger partial charge in [0.2, 0.25) is 5.95 Å². The van der Waals surface area contributed by atoms with Crippen molar-refractivity contribution >= 4 is 27.6 Å². The lowest BCUT2D eigenvalue weighted by Crippen LogP contribution is -2.21. The van der Waals surface area contributed by atoms with Crippen molar-refractivity contribution in [3.8, 4) is 5.75 Å². The topological polar surface area (TPSA) is 63.3 Å². The van der Waals surface area contributed by atoms with Crippen LogP contribution in [0.4, 0.5) is 5.95 Å². The molecule has 4 rings (SSSR count). The molecule has 1 aromatic heterocycles. The number of aromatic hydroxyl groups is 1. The van der Waals surface area contributed by atoms with E-state index in [1.807, 2.05) is 28.9 Å². The van der Waals surface area contributed by atoms with Crippen LogP contribution < -0.4 is 0 Å². The summed E-state index contributed by atoms with van der Waals surface area (Å²) in [5, 5.41) is 14.4. The Balaban J connectivity index is 1.81. The second-order valence-corrected chi connectivity index (χ2v) is 6.27. The van der Waals surface area contributed by atoms with Crippen molar-refractivity contribution in [2.45, 2.75) is 12.5 Å². The molecule has 114 valence electrons. The molecule has 2 aromatic carbocycles. The largest absolute Gasteiger partial charge is 0.507 e. The van der Waals surface area contributed by atoms with Crippen molar-refractivity contribution < 1.29 is 5.11 Å². The molecule has 5 nitrogen and oxygen atoms in total. The van der Waals surface area contributed by atoms with Crippen LogP contribution in [0.3, 0.4) is 0 Å². The first-order chi connectivity index (χ1) is 11.2. The number of halogens is 1. The standard InChI is InChI=1S/C17H13BrN4O/c18-12-7-5-11(6-8-12)15-9-14(13-3-1-2-4-16(13)23)21-17-19-10-20-22(15)17/h1-8,10,15,23H,9H2.